The molecule has 1 fully saturated rings. The SMILES string of the molecule is CCCC(=O)NC1CCC(NC(=O)CCc2nc3ccccc3o2)CC1. The Balaban J connectivity index is 1.38. The summed E-state index contributed by atoms with van der Waals surface area (Å²) < 4.78 is 5.65. The van der Waals surface area contributed by atoms with E-state index < -0.39 is 0 Å². The van der Waals surface area contributed by atoms with Crippen molar-refractivity contribution >= 4 is 22.9 Å². The molecule has 0 bridgehead atoms. The highest BCUT2D eigenvalue weighted by atomic mass is 16.3. The number of fused-ring (bicyclic) bond motifs is 1. The fourth-order valence-corrected chi connectivity index (χ4v) is 3.46. The molecular formula is C20H27N3O3. The van der Waals surface area contributed by atoms with Crippen molar-refractivity contribution in [3.63, 3.8) is 0 Å². The maximum Gasteiger partial charge on any atom is 0.220 e. The Morgan fingerprint density at radius 3 is 2.27 bits per heavy atom. The summed E-state index contributed by atoms with van der Waals surface area (Å²) in [5, 5.41) is 6.18. The van der Waals surface area contributed by atoms with Gasteiger partial charge in [-0.25, -0.2) is 4.98 Å². The van der Waals surface area contributed by atoms with E-state index >= 15 is 0 Å². The van der Waals surface area contributed by atoms with Crippen molar-refractivity contribution in [1.82, 2.24) is 15.6 Å². The number of hydrogen-bond acceptors (Lipinski definition) is 4. The maximum absolute atomic E-state index is 12.2. The molecule has 0 unspecified atom stereocenters. The molecule has 0 aliphatic heterocycles. The summed E-state index contributed by atoms with van der Waals surface area (Å²) in [6.07, 6.45) is 6.00. The number of carbonyl (C=O) groups is 2. The predicted molar refractivity (Wildman–Crippen MR) is 99.6 cm³/mol. The van der Waals surface area contributed by atoms with Crippen molar-refractivity contribution in [1.29, 1.82) is 0 Å². The highest BCUT2D eigenvalue weighted by molar-refractivity contribution is 5.77. The molecule has 0 saturated heterocycles. The van der Waals surface area contributed by atoms with E-state index in [-0.39, 0.29) is 23.9 Å². The van der Waals surface area contributed by atoms with Crippen LogP contribution in [-0.4, -0.2) is 28.9 Å². The minimum absolute atomic E-state index is 0.0331. The van der Waals surface area contributed by atoms with Gasteiger partial charge in [-0.1, -0.05) is 19.1 Å². The zero-order chi connectivity index (χ0) is 18.4. The summed E-state index contributed by atoms with van der Waals surface area (Å²) >= 11 is 0. The molecule has 1 aromatic heterocycles. The number of carbonyl (C=O) groups excluding carboxylic acids is 2. The zero-order valence-corrected chi connectivity index (χ0v) is 15.3. The smallest absolute Gasteiger partial charge is 0.220 e. The molecule has 1 aromatic carbocycles. The monoisotopic (exact) mass is 357 g/mol. The molecule has 6 nitrogen and oxygen atoms in total. The first-order valence-electron chi connectivity index (χ1n) is 9.57. The number of aromatic nitrogens is 1. The lowest BCUT2D eigenvalue weighted by atomic mass is 9.91. The van der Waals surface area contributed by atoms with E-state index in [0.29, 0.717) is 25.2 Å². The van der Waals surface area contributed by atoms with Gasteiger partial charge in [0, 0.05) is 31.3 Å². The van der Waals surface area contributed by atoms with E-state index in [0.717, 1.165) is 43.2 Å². The molecular weight excluding hydrogens is 330 g/mol. The Morgan fingerprint density at radius 2 is 1.65 bits per heavy atom. The topological polar surface area (TPSA) is 84.2 Å². The van der Waals surface area contributed by atoms with Gasteiger partial charge in [0.25, 0.3) is 0 Å². The van der Waals surface area contributed by atoms with Gasteiger partial charge in [-0.3, -0.25) is 9.59 Å². The third-order valence-electron chi connectivity index (χ3n) is 4.84. The van der Waals surface area contributed by atoms with E-state index in [9.17, 15) is 9.59 Å². The maximum atomic E-state index is 12.2. The summed E-state index contributed by atoms with van der Waals surface area (Å²) in [6.45, 7) is 2.01. The minimum Gasteiger partial charge on any atom is -0.441 e. The van der Waals surface area contributed by atoms with Crippen LogP contribution in [0.5, 0.6) is 0 Å². The first-order chi connectivity index (χ1) is 12.6. The number of nitrogens with zero attached hydrogens (tertiary/aromatic N) is 1. The van der Waals surface area contributed by atoms with Crippen molar-refractivity contribution in [3.05, 3.63) is 30.2 Å². The van der Waals surface area contributed by atoms with E-state index in [1.807, 2.05) is 31.2 Å². The van der Waals surface area contributed by atoms with E-state index in [1.165, 1.54) is 0 Å². The van der Waals surface area contributed by atoms with Gasteiger partial charge in [0.05, 0.1) is 0 Å². The van der Waals surface area contributed by atoms with Gasteiger partial charge in [-0.05, 0) is 44.2 Å². The molecule has 0 radical (unpaired) electrons. The minimum atomic E-state index is 0.0331. The lowest BCUT2D eigenvalue weighted by Crippen LogP contribution is -2.43. The summed E-state index contributed by atoms with van der Waals surface area (Å²) in [7, 11) is 0. The van der Waals surface area contributed by atoms with Gasteiger partial charge >= 0.3 is 0 Å². The molecule has 0 atom stereocenters. The molecule has 2 N–H and O–H groups in total. The van der Waals surface area contributed by atoms with Gasteiger partial charge in [-0.15, -0.1) is 0 Å². The number of oxazole rings is 1. The lowest BCUT2D eigenvalue weighted by molar-refractivity contribution is -0.123. The predicted octanol–water partition coefficient (Wildman–Crippen LogP) is 3.10. The molecule has 2 amide bonds. The molecule has 2 aromatic rings. The summed E-state index contributed by atoms with van der Waals surface area (Å²) in [5.74, 6) is 0.771. The Bertz CT molecular complexity index is 715. The van der Waals surface area contributed by atoms with Gasteiger partial charge < -0.3 is 15.1 Å². The van der Waals surface area contributed by atoms with E-state index in [2.05, 4.69) is 15.6 Å². The second-order valence-corrected chi connectivity index (χ2v) is 7.01. The van der Waals surface area contributed by atoms with Crippen LogP contribution < -0.4 is 10.6 Å². The van der Waals surface area contributed by atoms with Crippen LogP contribution >= 0.6 is 0 Å². The number of hydrogen-bond donors (Lipinski definition) is 2. The van der Waals surface area contributed by atoms with Crippen LogP contribution in [0, 0.1) is 0 Å². The highest BCUT2D eigenvalue weighted by Gasteiger charge is 2.23. The standard InChI is InChI=1S/C20H27N3O3/c1-2-5-18(24)21-14-8-10-15(11-9-14)22-19(25)12-13-20-23-16-6-3-4-7-17(16)26-20/h3-4,6-7,14-15H,2,5,8-13H2,1H3,(H,21,24)(H,22,25). The van der Waals surface area contributed by atoms with Crippen LogP contribution in [0.3, 0.4) is 0 Å². The van der Waals surface area contributed by atoms with Crippen LogP contribution in [0.15, 0.2) is 28.7 Å². The fourth-order valence-electron chi connectivity index (χ4n) is 3.46. The number of rotatable bonds is 7. The second kappa shape index (κ2) is 8.83. The lowest BCUT2D eigenvalue weighted by Gasteiger charge is -2.29. The van der Waals surface area contributed by atoms with Gasteiger partial charge in [0.2, 0.25) is 11.8 Å². The third-order valence-corrected chi connectivity index (χ3v) is 4.84. The highest BCUT2D eigenvalue weighted by Crippen LogP contribution is 2.19. The summed E-state index contributed by atoms with van der Waals surface area (Å²) in [6, 6.07) is 8.06. The van der Waals surface area contributed by atoms with Gasteiger partial charge in [-0.2, -0.15) is 0 Å². The first-order valence-corrected chi connectivity index (χ1v) is 9.57. The van der Waals surface area contributed by atoms with E-state index in [1.54, 1.807) is 0 Å². The van der Waals surface area contributed by atoms with Crippen LogP contribution in [0.1, 0.15) is 57.8 Å². The molecule has 6 heteroatoms. The summed E-state index contributed by atoms with van der Waals surface area (Å²) in [5.41, 5.74) is 1.58. The van der Waals surface area contributed by atoms with Crippen LogP contribution in [0.25, 0.3) is 11.1 Å². The first kappa shape index (κ1) is 18.4. The van der Waals surface area contributed by atoms with Crippen LogP contribution in [0.2, 0.25) is 0 Å². The number of nitrogens with one attached hydrogen (secondary N) is 2. The average molecular weight is 357 g/mol. The Hall–Kier alpha value is -2.37. The third kappa shape index (κ3) is 5.07. The van der Waals surface area contributed by atoms with Crippen molar-refractivity contribution in [3.8, 4) is 0 Å². The molecule has 1 saturated carbocycles. The van der Waals surface area contributed by atoms with Gasteiger partial charge in [0.15, 0.2) is 11.5 Å². The fraction of sp³-hybridized carbons (Fsp3) is 0.550. The van der Waals surface area contributed by atoms with Crippen LogP contribution in [0.4, 0.5) is 0 Å². The van der Waals surface area contributed by atoms with E-state index in [4.69, 9.17) is 4.42 Å². The molecule has 140 valence electrons. The van der Waals surface area contributed by atoms with Crippen LogP contribution in [-0.2, 0) is 16.0 Å². The number of amides is 2. The van der Waals surface area contributed by atoms with Crippen molar-refractivity contribution in [2.45, 2.75) is 70.4 Å². The molecule has 1 heterocycles. The molecule has 1 aliphatic carbocycles. The second-order valence-electron chi connectivity index (χ2n) is 7.01. The Labute approximate surface area is 153 Å². The quantitative estimate of drug-likeness (QED) is 0.797. The summed E-state index contributed by atoms with van der Waals surface area (Å²) in [4.78, 5) is 28.3. The van der Waals surface area contributed by atoms with Crippen molar-refractivity contribution in [2.75, 3.05) is 0 Å². The Morgan fingerprint density at radius 1 is 1.04 bits per heavy atom. The Kier molecular flexibility index (Phi) is 6.26. The average Bonchev–Trinajstić information content (AvgIpc) is 3.05. The van der Waals surface area contributed by atoms with Crippen molar-refractivity contribution < 1.29 is 14.0 Å². The molecule has 0 spiro atoms. The molecule has 3 rings (SSSR count). The van der Waals surface area contributed by atoms with Gasteiger partial charge in [0.1, 0.15) is 5.52 Å². The number of aryl methyl sites for hydroxylation is 1. The normalized spacial score (nSPS) is 20.0. The molecule has 1 aliphatic rings. The largest absolute Gasteiger partial charge is 0.441 e. The molecule has 26 heavy (non-hydrogen) atoms. The zero-order valence-electron chi connectivity index (χ0n) is 15.3. The number of para-hydroxylation sites is 2. The number of benzene rings is 1. The van der Waals surface area contributed by atoms with Crippen molar-refractivity contribution in [2.24, 2.45) is 0 Å².